The molecule has 1 fully saturated rings. The average Bonchev–Trinajstić information content (AvgIpc) is 2.75. The van der Waals surface area contributed by atoms with Gasteiger partial charge in [-0.15, -0.1) is 0 Å². The summed E-state index contributed by atoms with van der Waals surface area (Å²) in [6.45, 7) is 5.82. The van der Waals surface area contributed by atoms with Gasteiger partial charge < -0.3 is 15.4 Å². The van der Waals surface area contributed by atoms with Crippen LogP contribution >= 0.6 is 0 Å². The molecule has 3 rings (SSSR count). The number of piperidine rings is 1. The number of aliphatic imine (C=N–C) groups is 1. The van der Waals surface area contributed by atoms with Crippen LogP contribution in [0.15, 0.2) is 59.6 Å². The smallest absolute Gasteiger partial charge is 0.191 e. The van der Waals surface area contributed by atoms with E-state index in [4.69, 9.17) is 4.74 Å². The highest BCUT2D eigenvalue weighted by Gasteiger charge is 2.25. The van der Waals surface area contributed by atoms with Gasteiger partial charge in [0.25, 0.3) is 0 Å². The van der Waals surface area contributed by atoms with Gasteiger partial charge in [-0.05, 0) is 36.5 Å². The highest BCUT2D eigenvalue weighted by molar-refractivity contribution is 5.80. The van der Waals surface area contributed by atoms with Gasteiger partial charge in [0, 0.05) is 45.9 Å². The second kappa shape index (κ2) is 11.0. The van der Waals surface area contributed by atoms with Crippen molar-refractivity contribution in [3.05, 3.63) is 71.3 Å². The third kappa shape index (κ3) is 6.31. The van der Waals surface area contributed by atoms with Crippen LogP contribution < -0.4 is 10.6 Å². The number of nitrogens with zero attached hydrogens (tertiary/aromatic N) is 2. The van der Waals surface area contributed by atoms with Crippen molar-refractivity contribution in [2.24, 2.45) is 4.99 Å². The standard InChI is InChI=1S/C24H34N4O/c1-19-15-23(13-14-28(19)17-20-9-5-4-6-10-20)27-24(25-2)26-16-21-11-7-8-12-22(21)18-29-3/h4-12,19,23H,13-18H2,1-3H3,(H2,25,26,27). The fourth-order valence-corrected chi connectivity index (χ4v) is 4.00. The minimum absolute atomic E-state index is 0.442. The normalized spacial score (nSPS) is 20.4. The monoisotopic (exact) mass is 394 g/mol. The second-order valence-electron chi connectivity index (χ2n) is 7.80. The minimum Gasteiger partial charge on any atom is -0.380 e. The van der Waals surface area contributed by atoms with Crippen molar-refractivity contribution in [2.75, 3.05) is 20.7 Å². The average molecular weight is 395 g/mol. The first-order valence-corrected chi connectivity index (χ1v) is 10.5. The van der Waals surface area contributed by atoms with Gasteiger partial charge in [0.15, 0.2) is 5.96 Å². The van der Waals surface area contributed by atoms with Crippen molar-refractivity contribution < 1.29 is 4.74 Å². The van der Waals surface area contributed by atoms with Crippen molar-refractivity contribution in [1.82, 2.24) is 15.5 Å². The van der Waals surface area contributed by atoms with Gasteiger partial charge in [-0.25, -0.2) is 0 Å². The molecule has 0 amide bonds. The zero-order valence-electron chi connectivity index (χ0n) is 17.9. The van der Waals surface area contributed by atoms with Gasteiger partial charge >= 0.3 is 0 Å². The maximum atomic E-state index is 5.31. The first-order chi connectivity index (χ1) is 14.2. The summed E-state index contributed by atoms with van der Waals surface area (Å²) < 4.78 is 5.31. The Morgan fingerprint density at radius 3 is 2.52 bits per heavy atom. The Bertz CT molecular complexity index is 777. The lowest BCUT2D eigenvalue weighted by Crippen LogP contribution is -2.51. The van der Waals surface area contributed by atoms with Crippen LogP contribution in [0.1, 0.15) is 36.5 Å². The Balaban J connectivity index is 1.49. The molecule has 0 aromatic heterocycles. The molecule has 5 heteroatoms. The largest absolute Gasteiger partial charge is 0.380 e. The van der Waals surface area contributed by atoms with Crippen molar-refractivity contribution in [1.29, 1.82) is 0 Å². The van der Waals surface area contributed by atoms with Crippen LogP contribution in [0.5, 0.6) is 0 Å². The van der Waals surface area contributed by atoms with E-state index < -0.39 is 0 Å². The van der Waals surface area contributed by atoms with Crippen LogP contribution in [0.3, 0.4) is 0 Å². The molecular weight excluding hydrogens is 360 g/mol. The molecule has 2 aromatic carbocycles. The lowest BCUT2D eigenvalue weighted by Gasteiger charge is -2.38. The molecule has 29 heavy (non-hydrogen) atoms. The summed E-state index contributed by atoms with van der Waals surface area (Å²) in [5, 5.41) is 7.09. The minimum atomic E-state index is 0.442. The van der Waals surface area contributed by atoms with Crippen LogP contribution in [-0.4, -0.2) is 43.6 Å². The van der Waals surface area contributed by atoms with Crippen molar-refractivity contribution in [3.8, 4) is 0 Å². The first kappa shape index (κ1) is 21.3. The van der Waals surface area contributed by atoms with Crippen molar-refractivity contribution in [2.45, 2.75) is 51.5 Å². The fraction of sp³-hybridized carbons (Fsp3) is 0.458. The summed E-state index contributed by atoms with van der Waals surface area (Å²) in [5.41, 5.74) is 3.84. The van der Waals surface area contributed by atoms with Gasteiger partial charge in [-0.2, -0.15) is 0 Å². The molecule has 0 radical (unpaired) electrons. The Morgan fingerprint density at radius 2 is 1.83 bits per heavy atom. The van der Waals surface area contributed by atoms with Gasteiger partial charge in [0.1, 0.15) is 0 Å². The van der Waals surface area contributed by atoms with E-state index in [1.54, 1.807) is 7.11 Å². The molecule has 5 nitrogen and oxygen atoms in total. The molecule has 1 saturated heterocycles. The zero-order valence-corrected chi connectivity index (χ0v) is 17.9. The highest BCUT2D eigenvalue weighted by atomic mass is 16.5. The predicted molar refractivity (Wildman–Crippen MR) is 120 cm³/mol. The van der Waals surface area contributed by atoms with Crippen molar-refractivity contribution in [3.63, 3.8) is 0 Å². The highest BCUT2D eigenvalue weighted by Crippen LogP contribution is 2.20. The molecular formula is C24H34N4O. The summed E-state index contributed by atoms with van der Waals surface area (Å²) in [7, 11) is 3.57. The number of methoxy groups -OCH3 is 1. The summed E-state index contributed by atoms with van der Waals surface area (Å²) >= 11 is 0. The molecule has 2 aromatic rings. The van der Waals surface area contributed by atoms with Gasteiger partial charge in [-0.1, -0.05) is 54.6 Å². The van der Waals surface area contributed by atoms with E-state index in [2.05, 4.69) is 82.0 Å². The summed E-state index contributed by atoms with van der Waals surface area (Å²) in [5.74, 6) is 0.867. The summed E-state index contributed by atoms with van der Waals surface area (Å²) in [6.07, 6.45) is 2.24. The maximum Gasteiger partial charge on any atom is 0.191 e. The number of benzene rings is 2. The molecule has 0 bridgehead atoms. The topological polar surface area (TPSA) is 48.9 Å². The lowest BCUT2D eigenvalue weighted by atomic mass is 9.97. The molecule has 2 atom stereocenters. The molecule has 156 valence electrons. The number of nitrogens with one attached hydrogen (secondary N) is 2. The number of guanidine groups is 1. The van der Waals surface area contributed by atoms with Crippen LogP contribution in [0.4, 0.5) is 0 Å². The van der Waals surface area contributed by atoms with E-state index >= 15 is 0 Å². The van der Waals surface area contributed by atoms with Crippen molar-refractivity contribution >= 4 is 5.96 Å². The molecule has 0 aliphatic carbocycles. The first-order valence-electron chi connectivity index (χ1n) is 10.5. The summed E-state index contributed by atoms with van der Waals surface area (Å²) in [6, 6.07) is 20.1. The van der Waals surface area contributed by atoms with E-state index in [1.165, 1.54) is 16.7 Å². The lowest BCUT2D eigenvalue weighted by molar-refractivity contribution is 0.134. The van der Waals surface area contributed by atoms with Gasteiger partial charge in [0.2, 0.25) is 0 Å². The quantitative estimate of drug-likeness (QED) is 0.557. The molecule has 1 heterocycles. The third-order valence-corrected chi connectivity index (χ3v) is 5.67. The van der Waals surface area contributed by atoms with Gasteiger partial charge in [-0.3, -0.25) is 9.89 Å². The predicted octanol–water partition coefficient (Wildman–Crippen LogP) is 3.55. The Kier molecular flexibility index (Phi) is 8.08. The van der Waals surface area contributed by atoms with Crippen LogP contribution in [-0.2, 0) is 24.4 Å². The number of hydrogen-bond donors (Lipinski definition) is 2. The van der Waals surface area contributed by atoms with E-state index in [0.29, 0.717) is 18.7 Å². The Morgan fingerprint density at radius 1 is 1.10 bits per heavy atom. The Hall–Kier alpha value is -2.37. The van der Waals surface area contributed by atoms with Crippen LogP contribution in [0, 0.1) is 0 Å². The fourth-order valence-electron chi connectivity index (χ4n) is 4.00. The summed E-state index contributed by atoms with van der Waals surface area (Å²) in [4.78, 5) is 7.01. The molecule has 0 saturated carbocycles. The number of likely N-dealkylation sites (tertiary alicyclic amines) is 1. The van der Waals surface area contributed by atoms with E-state index in [-0.39, 0.29) is 0 Å². The number of rotatable bonds is 7. The second-order valence-corrected chi connectivity index (χ2v) is 7.80. The number of ether oxygens (including phenoxy) is 1. The van der Waals surface area contributed by atoms with Gasteiger partial charge in [0.05, 0.1) is 6.61 Å². The van der Waals surface area contributed by atoms with E-state index in [9.17, 15) is 0 Å². The van der Waals surface area contributed by atoms with E-state index in [0.717, 1.165) is 38.4 Å². The number of hydrogen-bond acceptors (Lipinski definition) is 3. The molecule has 1 aliphatic rings. The SMILES string of the molecule is CN=C(NCc1ccccc1COC)NC1CCN(Cc2ccccc2)C(C)C1. The molecule has 2 unspecified atom stereocenters. The molecule has 2 N–H and O–H groups in total. The van der Waals surface area contributed by atoms with Crippen LogP contribution in [0.25, 0.3) is 0 Å². The Labute approximate surface area is 175 Å². The molecule has 1 aliphatic heterocycles. The van der Waals surface area contributed by atoms with Crippen LogP contribution in [0.2, 0.25) is 0 Å². The zero-order chi connectivity index (χ0) is 20.5. The third-order valence-electron chi connectivity index (χ3n) is 5.67. The maximum absolute atomic E-state index is 5.31. The van der Waals surface area contributed by atoms with E-state index in [1.807, 2.05) is 7.05 Å². The molecule has 0 spiro atoms.